The fourth-order valence-electron chi connectivity index (χ4n) is 4.66. The highest BCUT2D eigenvalue weighted by Gasteiger charge is 2.45. The molecule has 1 aliphatic rings. The van der Waals surface area contributed by atoms with Crippen LogP contribution in [0.4, 0.5) is 4.39 Å². The summed E-state index contributed by atoms with van der Waals surface area (Å²) >= 11 is 6.02. The molecule has 0 radical (unpaired) electrons. The quantitative estimate of drug-likeness (QED) is 0.0908. The number of aromatic nitrogens is 1. The third kappa shape index (κ3) is 9.65. The van der Waals surface area contributed by atoms with Crippen molar-refractivity contribution < 1.29 is 19.1 Å². The molecule has 4 rings (SSSR count). The summed E-state index contributed by atoms with van der Waals surface area (Å²) in [6.45, 7) is 7.30. The van der Waals surface area contributed by atoms with Crippen molar-refractivity contribution in [2.45, 2.75) is 44.4 Å². The van der Waals surface area contributed by atoms with Crippen molar-refractivity contribution in [3.8, 4) is 11.8 Å². The van der Waals surface area contributed by atoms with Gasteiger partial charge in [-0.3, -0.25) is 14.6 Å². The van der Waals surface area contributed by atoms with E-state index in [0.717, 1.165) is 12.8 Å². The van der Waals surface area contributed by atoms with E-state index in [9.17, 15) is 19.1 Å². The van der Waals surface area contributed by atoms with Crippen LogP contribution < -0.4 is 21.7 Å². The average Bonchev–Trinajstić information content (AvgIpc) is 3.83. The van der Waals surface area contributed by atoms with E-state index in [4.69, 9.17) is 17.3 Å². The van der Waals surface area contributed by atoms with Gasteiger partial charge in [0.25, 0.3) is 0 Å². The molecular formula is C36H36ClFN6O3. The molecule has 1 saturated carbocycles. The Hall–Kier alpha value is -5.20. The summed E-state index contributed by atoms with van der Waals surface area (Å²) in [7, 11) is 0. The number of halogens is 2. The molecule has 2 aromatic carbocycles. The maximum atomic E-state index is 14.9. The first kappa shape index (κ1) is 34.7. The highest BCUT2D eigenvalue weighted by Crippen LogP contribution is 2.47. The van der Waals surface area contributed by atoms with Crippen LogP contribution in [-0.4, -0.2) is 46.8 Å². The summed E-state index contributed by atoms with van der Waals surface area (Å²) < 4.78 is 14.9. The van der Waals surface area contributed by atoms with Crippen molar-refractivity contribution in [2.24, 2.45) is 10.7 Å². The van der Waals surface area contributed by atoms with E-state index in [2.05, 4.69) is 50.1 Å². The Balaban J connectivity index is 1.43. The Kier molecular flexibility index (Phi) is 11.4. The monoisotopic (exact) mass is 654 g/mol. The normalized spacial score (nSPS) is 13.6. The molecule has 2 amide bonds. The lowest BCUT2D eigenvalue weighted by Gasteiger charge is -2.23. The summed E-state index contributed by atoms with van der Waals surface area (Å²) in [4.78, 5) is 33.2. The first-order chi connectivity index (χ1) is 22.4. The number of hydrogen-bond donors (Lipinski definition) is 5. The van der Waals surface area contributed by atoms with Crippen molar-refractivity contribution in [3.05, 3.63) is 118 Å². The first-order valence-corrected chi connectivity index (χ1v) is 15.2. The van der Waals surface area contributed by atoms with Gasteiger partial charge in [0, 0.05) is 36.3 Å². The third-order valence-corrected chi connectivity index (χ3v) is 7.50. The van der Waals surface area contributed by atoms with Crippen LogP contribution in [0.5, 0.6) is 0 Å². The predicted octanol–water partition coefficient (Wildman–Crippen LogP) is 4.20. The van der Waals surface area contributed by atoms with Gasteiger partial charge in [-0.15, -0.1) is 5.73 Å². The lowest BCUT2D eigenvalue weighted by molar-refractivity contribution is -0.139. The van der Waals surface area contributed by atoms with Crippen LogP contribution >= 0.6 is 11.6 Å². The fraction of sp³-hybridized carbons (Fsp3) is 0.250. The van der Waals surface area contributed by atoms with Crippen molar-refractivity contribution in [2.75, 3.05) is 13.1 Å². The zero-order chi connectivity index (χ0) is 34.0. The van der Waals surface area contributed by atoms with E-state index in [-0.39, 0.29) is 19.6 Å². The molecule has 9 nitrogen and oxygen atoms in total. The van der Waals surface area contributed by atoms with Crippen molar-refractivity contribution in [3.63, 3.8) is 0 Å². The van der Waals surface area contributed by atoms with Gasteiger partial charge >= 0.3 is 11.8 Å². The van der Waals surface area contributed by atoms with E-state index >= 15 is 0 Å². The Morgan fingerprint density at radius 1 is 1.17 bits per heavy atom. The molecule has 0 atom stereocenters. The van der Waals surface area contributed by atoms with Crippen LogP contribution in [0.25, 0.3) is 11.3 Å². The van der Waals surface area contributed by atoms with E-state index in [1.54, 1.807) is 32.2 Å². The minimum Gasteiger partial charge on any atom is -0.404 e. The molecule has 6 N–H and O–H groups in total. The topological polar surface area (TPSA) is 142 Å². The van der Waals surface area contributed by atoms with Gasteiger partial charge in [0.1, 0.15) is 11.5 Å². The van der Waals surface area contributed by atoms with Crippen LogP contribution in [0.2, 0.25) is 5.02 Å². The summed E-state index contributed by atoms with van der Waals surface area (Å²) in [6.07, 6.45) is 5.88. The molecule has 1 fully saturated rings. The number of nitrogens with zero attached hydrogens (tertiary/aromatic N) is 2. The van der Waals surface area contributed by atoms with E-state index in [1.807, 2.05) is 30.3 Å². The smallest absolute Gasteiger partial charge is 0.310 e. The van der Waals surface area contributed by atoms with Crippen LogP contribution in [0.3, 0.4) is 0 Å². The number of aliphatic imine (C=N–C) groups is 1. The van der Waals surface area contributed by atoms with Crippen molar-refractivity contribution >= 4 is 40.9 Å². The van der Waals surface area contributed by atoms with Crippen LogP contribution in [0.1, 0.15) is 54.6 Å². The van der Waals surface area contributed by atoms with Crippen LogP contribution in [-0.2, 0) is 21.7 Å². The van der Waals surface area contributed by atoms with Gasteiger partial charge in [-0.25, -0.2) is 9.37 Å². The van der Waals surface area contributed by atoms with Crippen LogP contribution in [0.15, 0.2) is 84.3 Å². The standard InChI is InChI=1S/C36H36ClFN6O3/c1-4-31(44-36(13-14-36)27-17-25(18-28(38)19-27)26(20-39)21-40-23-35(2,3)47)29-10-6-5-9-24(29)22-43-34(46)33(45)42-16-8-12-32-30(37)11-7-15-41-32/h5-7,9-11,15,17-21,44,47H,1,13-14,16,22-23,39H2,2-3H3,(H,42,45)(H,43,46)/b26-20+,40-21?. The number of nitrogens with one attached hydrogen (secondary N) is 3. The first-order valence-electron chi connectivity index (χ1n) is 14.8. The van der Waals surface area contributed by atoms with Gasteiger partial charge in [-0.2, -0.15) is 0 Å². The molecule has 3 aromatic rings. The summed E-state index contributed by atoms with van der Waals surface area (Å²) in [5.74, 6) is 3.38. The lowest BCUT2D eigenvalue weighted by Crippen LogP contribution is -2.39. The van der Waals surface area contributed by atoms with Crippen molar-refractivity contribution in [1.82, 2.24) is 20.9 Å². The highest BCUT2D eigenvalue weighted by atomic mass is 35.5. The number of benzene rings is 2. The zero-order valence-corrected chi connectivity index (χ0v) is 26.9. The highest BCUT2D eigenvalue weighted by molar-refractivity contribution is 6.35. The van der Waals surface area contributed by atoms with E-state index < -0.39 is 28.8 Å². The van der Waals surface area contributed by atoms with E-state index in [0.29, 0.717) is 44.2 Å². The Morgan fingerprint density at radius 3 is 2.60 bits per heavy atom. The second-order valence-electron chi connectivity index (χ2n) is 11.5. The number of amides is 2. The van der Waals surface area contributed by atoms with Gasteiger partial charge in [0.2, 0.25) is 0 Å². The van der Waals surface area contributed by atoms with Gasteiger partial charge in [0.05, 0.1) is 34.9 Å². The Labute approximate surface area is 278 Å². The number of aliphatic hydroxyl groups is 1. The summed E-state index contributed by atoms with van der Waals surface area (Å²) in [6, 6.07) is 15.4. The van der Waals surface area contributed by atoms with Gasteiger partial charge in [-0.1, -0.05) is 48.4 Å². The number of pyridine rings is 1. The predicted molar refractivity (Wildman–Crippen MR) is 182 cm³/mol. The molecule has 0 saturated heterocycles. The van der Waals surface area contributed by atoms with Gasteiger partial charge in [-0.05, 0) is 79.6 Å². The molecule has 1 heterocycles. The summed E-state index contributed by atoms with van der Waals surface area (Å²) in [5.41, 5.74) is 11.4. The van der Waals surface area contributed by atoms with Gasteiger partial charge in [0.15, 0.2) is 0 Å². The molecule has 0 aliphatic heterocycles. The molecule has 242 valence electrons. The van der Waals surface area contributed by atoms with Crippen molar-refractivity contribution in [1.29, 1.82) is 0 Å². The maximum absolute atomic E-state index is 14.9. The molecule has 11 heteroatoms. The molecule has 0 bridgehead atoms. The zero-order valence-electron chi connectivity index (χ0n) is 26.2. The largest absolute Gasteiger partial charge is 0.404 e. The number of rotatable bonds is 11. The second-order valence-corrected chi connectivity index (χ2v) is 12.0. The summed E-state index contributed by atoms with van der Waals surface area (Å²) in [5, 5.41) is 19.0. The third-order valence-electron chi connectivity index (χ3n) is 7.20. The second kappa shape index (κ2) is 15.4. The average molecular weight is 655 g/mol. The SMILES string of the molecule is C=C=C(NC1(c2cc(F)cc(/C(C=NCC(C)(C)O)=C/N)c2)CC1)c1ccccc1CNC(=O)C(=O)NCC#Cc1ncccc1Cl. The number of carbonyl (C=O) groups excluding carboxylic acids is 2. The lowest BCUT2D eigenvalue weighted by atomic mass is 9.97. The number of carbonyl (C=O) groups is 2. The minimum atomic E-state index is -0.990. The minimum absolute atomic E-state index is 0.0518. The molecule has 0 spiro atoms. The Bertz CT molecular complexity index is 1830. The van der Waals surface area contributed by atoms with Crippen LogP contribution in [0, 0.1) is 17.7 Å². The van der Waals surface area contributed by atoms with Gasteiger partial charge < -0.3 is 26.8 Å². The molecule has 0 unspecified atom stereocenters. The maximum Gasteiger partial charge on any atom is 0.310 e. The molecular weight excluding hydrogens is 619 g/mol. The number of nitrogens with two attached hydrogens (primary N) is 1. The fourth-order valence-corrected chi connectivity index (χ4v) is 4.82. The number of hydrogen-bond acceptors (Lipinski definition) is 7. The number of allylic oxidation sites excluding steroid dienone is 1. The molecule has 47 heavy (non-hydrogen) atoms. The van der Waals surface area contributed by atoms with E-state index in [1.165, 1.54) is 24.5 Å². The molecule has 1 aromatic heterocycles. The molecule has 1 aliphatic carbocycles. The Morgan fingerprint density at radius 2 is 1.91 bits per heavy atom.